The summed E-state index contributed by atoms with van der Waals surface area (Å²) >= 11 is 0. The van der Waals surface area contributed by atoms with Crippen LogP contribution >= 0.6 is 0 Å². The summed E-state index contributed by atoms with van der Waals surface area (Å²) in [5.74, 6) is -2.87. The minimum atomic E-state index is -1.31. The zero-order chi connectivity index (χ0) is 14.3. The average molecular weight is 261 g/mol. The molecule has 0 aromatic carbocycles. The first-order valence-corrected chi connectivity index (χ1v) is 4.91. The molecule has 0 saturated carbocycles. The van der Waals surface area contributed by atoms with Gasteiger partial charge in [-0.2, -0.15) is 0 Å². The topological polar surface area (TPSA) is 139 Å². The van der Waals surface area contributed by atoms with Crippen molar-refractivity contribution in [2.24, 2.45) is 5.73 Å². The second-order valence-electron chi connectivity index (χ2n) is 3.41. The van der Waals surface area contributed by atoms with Gasteiger partial charge in [-0.25, -0.2) is 9.59 Å². The van der Waals surface area contributed by atoms with E-state index in [4.69, 9.17) is 10.8 Å². The Morgan fingerprint density at radius 3 is 2.28 bits per heavy atom. The zero-order valence-electron chi connectivity index (χ0n) is 10.0. The van der Waals surface area contributed by atoms with Gasteiger partial charge in [-0.05, 0) is 6.92 Å². The van der Waals surface area contributed by atoms with E-state index in [0.717, 1.165) is 7.11 Å². The zero-order valence-corrected chi connectivity index (χ0v) is 10.0. The van der Waals surface area contributed by atoms with Crippen molar-refractivity contribution < 1.29 is 29.0 Å². The number of hydrogen-bond donors (Lipinski definition) is 3. The number of urea groups is 1. The molecule has 18 heavy (non-hydrogen) atoms. The Morgan fingerprint density at radius 2 is 1.89 bits per heavy atom. The third kappa shape index (κ3) is 5.68. The van der Waals surface area contributed by atoms with Crippen LogP contribution in [0.25, 0.3) is 0 Å². The van der Waals surface area contributed by atoms with E-state index in [1.165, 1.54) is 6.92 Å². The van der Waals surface area contributed by atoms with Crippen LogP contribution in [0.3, 0.4) is 0 Å². The standard InChI is InChI=1S/C9H15N3O6/c1-5(8(16)18-2)11-9(17)12(3-6(10)13)4-7(14)15/h5H,3-4H2,1-2H3,(H2,10,13)(H,11,17)(H,14,15). The fourth-order valence-electron chi connectivity index (χ4n) is 1.06. The minimum Gasteiger partial charge on any atom is -0.480 e. The van der Waals surface area contributed by atoms with Gasteiger partial charge in [-0.15, -0.1) is 0 Å². The molecule has 0 rings (SSSR count). The number of nitrogens with two attached hydrogens (primary N) is 1. The number of ether oxygens (including phenoxy) is 1. The predicted octanol–water partition coefficient (Wildman–Crippen LogP) is -1.87. The number of aliphatic carboxylic acids is 1. The van der Waals surface area contributed by atoms with Crippen LogP contribution in [0, 0.1) is 0 Å². The molecule has 0 radical (unpaired) electrons. The highest BCUT2D eigenvalue weighted by atomic mass is 16.5. The molecule has 0 heterocycles. The molecule has 9 nitrogen and oxygen atoms in total. The number of methoxy groups -OCH3 is 1. The Labute approximate surface area is 103 Å². The molecule has 0 aliphatic rings. The molecular formula is C9H15N3O6. The lowest BCUT2D eigenvalue weighted by Gasteiger charge is -2.21. The highest BCUT2D eigenvalue weighted by Crippen LogP contribution is 1.93. The Kier molecular flexibility index (Phi) is 6.18. The van der Waals surface area contributed by atoms with Gasteiger partial charge in [-0.1, -0.05) is 0 Å². The smallest absolute Gasteiger partial charge is 0.328 e. The van der Waals surface area contributed by atoms with E-state index in [1.807, 2.05) is 0 Å². The lowest BCUT2D eigenvalue weighted by atomic mass is 10.3. The Morgan fingerprint density at radius 1 is 1.33 bits per heavy atom. The summed E-state index contributed by atoms with van der Waals surface area (Å²) in [6, 6.07) is -1.86. The summed E-state index contributed by atoms with van der Waals surface area (Å²) in [5, 5.41) is 10.8. The number of carboxylic acid groups (broad SMARTS) is 1. The number of carbonyl (C=O) groups excluding carboxylic acids is 3. The number of primary amides is 1. The maximum atomic E-state index is 11.6. The largest absolute Gasteiger partial charge is 0.480 e. The maximum absolute atomic E-state index is 11.6. The molecule has 0 saturated heterocycles. The molecule has 0 aromatic rings. The van der Waals surface area contributed by atoms with Gasteiger partial charge in [0.2, 0.25) is 5.91 Å². The van der Waals surface area contributed by atoms with E-state index in [2.05, 4.69) is 10.1 Å². The summed E-state index contributed by atoms with van der Waals surface area (Å²) in [7, 11) is 1.14. The molecule has 1 atom stereocenters. The third-order valence-electron chi connectivity index (χ3n) is 1.85. The first-order chi connectivity index (χ1) is 8.27. The number of nitrogens with zero attached hydrogens (tertiary/aromatic N) is 1. The Bertz CT molecular complexity index is 340. The number of esters is 1. The molecule has 0 aliphatic carbocycles. The molecule has 0 aromatic heterocycles. The molecule has 1 unspecified atom stereocenters. The molecule has 0 aliphatic heterocycles. The van der Waals surface area contributed by atoms with Gasteiger partial charge in [0.25, 0.3) is 0 Å². The van der Waals surface area contributed by atoms with Gasteiger partial charge in [0.05, 0.1) is 7.11 Å². The molecule has 3 amide bonds. The number of amides is 3. The molecule has 0 fully saturated rings. The second-order valence-corrected chi connectivity index (χ2v) is 3.41. The number of carbonyl (C=O) groups is 4. The SMILES string of the molecule is COC(=O)C(C)NC(=O)N(CC(N)=O)CC(=O)O. The minimum absolute atomic E-state index is 0.563. The summed E-state index contributed by atoms with van der Waals surface area (Å²) in [5.41, 5.74) is 4.88. The normalized spacial score (nSPS) is 11.2. The molecule has 9 heteroatoms. The second kappa shape index (κ2) is 7.09. The van der Waals surface area contributed by atoms with E-state index in [-0.39, 0.29) is 0 Å². The number of rotatable bonds is 6. The fraction of sp³-hybridized carbons (Fsp3) is 0.556. The van der Waals surface area contributed by atoms with Gasteiger partial charge < -0.3 is 25.8 Å². The average Bonchev–Trinajstić information content (AvgIpc) is 2.25. The fourth-order valence-corrected chi connectivity index (χ4v) is 1.06. The van der Waals surface area contributed by atoms with Crippen molar-refractivity contribution in [2.75, 3.05) is 20.2 Å². The van der Waals surface area contributed by atoms with Gasteiger partial charge in [0, 0.05) is 0 Å². The highest BCUT2D eigenvalue weighted by Gasteiger charge is 2.23. The highest BCUT2D eigenvalue weighted by molar-refractivity contribution is 5.88. The van der Waals surface area contributed by atoms with Crippen LogP contribution in [0.4, 0.5) is 4.79 Å². The van der Waals surface area contributed by atoms with Gasteiger partial charge in [0.1, 0.15) is 19.1 Å². The molecule has 4 N–H and O–H groups in total. The molecule has 0 spiro atoms. The van der Waals surface area contributed by atoms with Crippen molar-refractivity contribution in [2.45, 2.75) is 13.0 Å². The van der Waals surface area contributed by atoms with Gasteiger partial charge in [-0.3, -0.25) is 9.59 Å². The quantitative estimate of drug-likeness (QED) is 0.478. The lowest BCUT2D eigenvalue weighted by molar-refractivity contribution is -0.142. The van der Waals surface area contributed by atoms with Crippen molar-refractivity contribution in [1.82, 2.24) is 10.2 Å². The van der Waals surface area contributed by atoms with E-state index in [9.17, 15) is 19.2 Å². The van der Waals surface area contributed by atoms with Crippen LogP contribution in [-0.4, -0.2) is 60.1 Å². The number of carboxylic acids is 1. The van der Waals surface area contributed by atoms with Gasteiger partial charge in [0.15, 0.2) is 0 Å². The van der Waals surface area contributed by atoms with Crippen LogP contribution < -0.4 is 11.1 Å². The molecule has 102 valence electrons. The van der Waals surface area contributed by atoms with E-state index < -0.39 is 43.0 Å². The van der Waals surface area contributed by atoms with E-state index in [0.29, 0.717) is 4.90 Å². The van der Waals surface area contributed by atoms with Crippen molar-refractivity contribution in [3.63, 3.8) is 0 Å². The Balaban J connectivity index is 4.59. The summed E-state index contributed by atoms with van der Waals surface area (Å²) in [6.07, 6.45) is 0. The van der Waals surface area contributed by atoms with Crippen molar-refractivity contribution in [3.8, 4) is 0 Å². The summed E-state index contributed by atoms with van der Waals surface area (Å²) in [6.45, 7) is 0.0850. The molecular weight excluding hydrogens is 246 g/mol. The van der Waals surface area contributed by atoms with E-state index >= 15 is 0 Å². The number of nitrogens with one attached hydrogen (secondary N) is 1. The van der Waals surface area contributed by atoms with Crippen molar-refractivity contribution >= 4 is 23.9 Å². The van der Waals surface area contributed by atoms with Crippen LogP contribution in [-0.2, 0) is 19.1 Å². The van der Waals surface area contributed by atoms with Crippen molar-refractivity contribution in [3.05, 3.63) is 0 Å². The number of hydrogen-bond acceptors (Lipinski definition) is 5. The summed E-state index contributed by atoms with van der Waals surface area (Å²) < 4.78 is 4.37. The lowest BCUT2D eigenvalue weighted by Crippen LogP contribution is -2.50. The van der Waals surface area contributed by atoms with Gasteiger partial charge >= 0.3 is 18.0 Å². The summed E-state index contributed by atoms with van der Waals surface area (Å²) in [4.78, 5) is 44.5. The predicted molar refractivity (Wildman–Crippen MR) is 58.4 cm³/mol. The first kappa shape index (κ1) is 15.7. The Hall–Kier alpha value is -2.32. The monoisotopic (exact) mass is 261 g/mol. The molecule has 0 bridgehead atoms. The van der Waals surface area contributed by atoms with E-state index in [1.54, 1.807) is 0 Å². The van der Waals surface area contributed by atoms with Crippen molar-refractivity contribution in [1.29, 1.82) is 0 Å². The third-order valence-corrected chi connectivity index (χ3v) is 1.85. The van der Waals surface area contributed by atoms with Crippen LogP contribution in [0.5, 0.6) is 0 Å². The van der Waals surface area contributed by atoms with Crippen LogP contribution in [0.2, 0.25) is 0 Å². The first-order valence-electron chi connectivity index (χ1n) is 4.91. The van der Waals surface area contributed by atoms with Crippen LogP contribution in [0.15, 0.2) is 0 Å². The maximum Gasteiger partial charge on any atom is 0.328 e. The van der Waals surface area contributed by atoms with Crippen LogP contribution in [0.1, 0.15) is 6.92 Å².